The first-order chi connectivity index (χ1) is 20.3. The molecule has 0 bridgehead atoms. The zero-order valence-electron chi connectivity index (χ0n) is 24.9. The Labute approximate surface area is 259 Å². The Hall–Kier alpha value is -4.11. The summed E-state index contributed by atoms with van der Waals surface area (Å²) in [5.74, 6) is -0.868. The minimum atomic E-state index is -0.868. The number of nitrogens with zero attached hydrogens (tertiary/aromatic N) is 4. The van der Waals surface area contributed by atoms with Crippen molar-refractivity contribution in [1.29, 1.82) is 0 Å². The lowest BCUT2D eigenvalue weighted by atomic mass is 9.93. The first-order valence-electron chi connectivity index (χ1n) is 13.8. The Balaban J connectivity index is 0.000000682. The average Bonchev–Trinajstić information content (AvgIpc) is 3.52. The van der Waals surface area contributed by atoms with Gasteiger partial charge in [-0.25, -0.2) is 4.98 Å². The number of aryl methyl sites for hydroxylation is 3. The fraction of sp³-hybridized carbons (Fsp3) is 0.235. The molecule has 0 amide bonds. The number of thiazole rings is 1. The van der Waals surface area contributed by atoms with Crippen molar-refractivity contribution >= 4 is 50.0 Å². The fourth-order valence-corrected chi connectivity index (χ4v) is 6.34. The van der Waals surface area contributed by atoms with Crippen LogP contribution in [0.3, 0.4) is 0 Å². The molecule has 220 valence electrons. The van der Waals surface area contributed by atoms with Gasteiger partial charge in [-0.3, -0.25) is 14.5 Å². The molecule has 9 heteroatoms. The van der Waals surface area contributed by atoms with Crippen LogP contribution >= 0.6 is 22.9 Å². The first kappa shape index (κ1) is 30.4. The maximum absolute atomic E-state index is 11.8. The third-order valence-corrected chi connectivity index (χ3v) is 8.19. The van der Waals surface area contributed by atoms with Gasteiger partial charge in [0.05, 0.1) is 39.6 Å². The number of benzene rings is 3. The van der Waals surface area contributed by atoms with Crippen molar-refractivity contribution in [3.05, 3.63) is 88.7 Å². The van der Waals surface area contributed by atoms with E-state index in [1.54, 1.807) is 38.3 Å². The van der Waals surface area contributed by atoms with Gasteiger partial charge < -0.3 is 10.2 Å². The third-order valence-electron chi connectivity index (χ3n) is 6.80. The van der Waals surface area contributed by atoms with Crippen LogP contribution in [0.1, 0.15) is 37.5 Å². The van der Waals surface area contributed by atoms with Gasteiger partial charge in [-0.15, -0.1) is 11.3 Å². The Morgan fingerprint density at radius 3 is 2.35 bits per heavy atom. The second kappa shape index (κ2) is 11.9. The van der Waals surface area contributed by atoms with E-state index < -0.39 is 11.6 Å². The molecule has 7 nitrogen and oxygen atoms in total. The van der Waals surface area contributed by atoms with E-state index in [2.05, 4.69) is 35.2 Å². The molecule has 6 aromatic rings. The summed E-state index contributed by atoms with van der Waals surface area (Å²) < 4.78 is 2.84. The van der Waals surface area contributed by atoms with Gasteiger partial charge in [-0.05, 0) is 99.3 Å². The molecular formula is C34H33ClN4O3S. The summed E-state index contributed by atoms with van der Waals surface area (Å²) >= 11 is 7.71. The standard InChI is InChI=1S/C30H23ClN4O2S.C4H10O/c1-16-11-25-29(27(23(16)14-26(36)37)18-4-6-22(31)7-5-18)38-30(34-25)19-8-9-32-24(13-19)20-10-17(2)28-21(12-20)15-33-35(28)3;1-4(2,3)5/h4-13,15H,14H2,1-3H3,(H,36,37);5H,1-3H3. The van der Waals surface area contributed by atoms with Crippen molar-refractivity contribution in [2.75, 3.05) is 0 Å². The van der Waals surface area contributed by atoms with E-state index in [-0.39, 0.29) is 6.42 Å². The van der Waals surface area contributed by atoms with Gasteiger partial charge in [-0.2, -0.15) is 5.10 Å². The number of pyridine rings is 1. The summed E-state index contributed by atoms with van der Waals surface area (Å²) in [6.45, 7) is 9.25. The van der Waals surface area contributed by atoms with Crippen molar-refractivity contribution in [2.24, 2.45) is 7.05 Å². The molecule has 0 aliphatic carbocycles. The highest BCUT2D eigenvalue weighted by molar-refractivity contribution is 7.22. The molecule has 6 rings (SSSR count). The van der Waals surface area contributed by atoms with E-state index in [0.29, 0.717) is 5.02 Å². The lowest BCUT2D eigenvalue weighted by Crippen LogP contribution is -2.10. The van der Waals surface area contributed by atoms with Gasteiger partial charge in [0, 0.05) is 40.3 Å². The van der Waals surface area contributed by atoms with Crippen molar-refractivity contribution in [1.82, 2.24) is 19.7 Å². The number of aliphatic carboxylic acids is 1. The van der Waals surface area contributed by atoms with Gasteiger partial charge in [-0.1, -0.05) is 23.7 Å². The maximum atomic E-state index is 11.8. The van der Waals surface area contributed by atoms with E-state index in [0.717, 1.165) is 70.8 Å². The number of carboxylic acid groups (broad SMARTS) is 1. The normalized spacial score (nSPS) is 11.5. The maximum Gasteiger partial charge on any atom is 0.307 e. The lowest BCUT2D eigenvalue weighted by molar-refractivity contribution is -0.136. The SMILES string of the molecule is CC(C)(C)O.Cc1cc2nc(-c3ccnc(-c4cc(C)c5c(cnn5C)c4)c3)sc2c(-c2ccc(Cl)cc2)c1CC(=O)O. The Morgan fingerprint density at radius 2 is 1.67 bits per heavy atom. The molecule has 43 heavy (non-hydrogen) atoms. The molecule has 0 radical (unpaired) electrons. The van der Waals surface area contributed by atoms with Gasteiger partial charge in [0.25, 0.3) is 0 Å². The predicted molar refractivity (Wildman–Crippen MR) is 176 cm³/mol. The first-order valence-corrected chi connectivity index (χ1v) is 15.0. The Kier molecular flexibility index (Phi) is 8.38. The molecule has 0 spiro atoms. The quantitative estimate of drug-likeness (QED) is 0.203. The van der Waals surface area contributed by atoms with Crippen molar-refractivity contribution in [3.8, 4) is 33.0 Å². The fourth-order valence-electron chi connectivity index (χ4n) is 5.08. The van der Waals surface area contributed by atoms with Crippen LogP contribution in [0, 0.1) is 13.8 Å². The predicted octanol–water partition coefficient (Wildman–Crippen LogP) is 8.25. The summed E-state index contributed by atoms with van der Waals surface area (Å²) in [5, 5.41) is 25.1. The summed E-state index contributed by atoms with van der Waals surface area (Å²) in [5.41, 5.74) is 8.93. The number of halogens is 1. The second-order valence-corrected chi connectivity index (χ2v) is 13.0. The number of carbonyl (C=O) groups is 1. The molecule has 3 aromatic carbocycles. The van der Waals surface area contributed by atoms with E-state index in [4.69, 9.17) is 21.7 Å². The van der Waals surface area contributed by atoms with Gasteiger partial charge in [0.15, 0.2) is 0 Å². The van der Waals surface area contributed by atoms with Crippen LogP contribution in [0.5, 0.6) is 0 Å². The Morgan fingerprint density at radius 1 is 0.977 bits per heavy atom. The van der Waals surface area contributed by atoms with Crippen LogP contribution in [0.25, 0.3) is 54.1 Å². The second-order valence-electron chi connectivity index (χ2n) is 11.6. The monoisotopic (exact) mass is 612 g/mol. The molecule has 0 fully saturated rings. The van der Waals surface area contributed by atoms with Crippen LogP contribution < -0.4 is 0 Å². The summed E-state index contributed by atoms with van der Waals surface area (Å²) in [6.07, 6.45) is 3.61. The van der Waals surface area contributed by atoms with Crippen molar-refractivity contribution < 1.29 is 15.0 Å². The van der Waals surface area contributed by atoms with Crippen molar-refractivity contribution in [2.45, 2.75) is 46.6 Å². The van der Waals surface area contributed by atoms with Crippen LogP contribution in [-0.4, -0.2) is 41.5 Å². The molecule has 0 aliphatic heterocycles. The molecule has 3 aromatic heterocycles. The van der Waals surface area contributed by atoms with Crippen molar-refractivity contribution in [3.63, 3.8) is 0 Å². The number of carboxylic acids is 1. The number of aromatic nitrogens is 4. The molecule has 0 atom stereocenters. The van der Waals surface area contributed by atoms with Crippen LogP contribution in [0.2, 0.25) is 5.02 Å². The Bertz CT molecular complexity index is 1960. The van der Waals surface area contributed by atoms with E-state index in [1.807, 2.05) is 61.2 Å². The molecule has 0 aliphatic rings. The highest BCUT2D eigenvalue weighted by atomic mass is 35.5. The number of fused-ring (bicyclic) bond motifs is 2. The minimum Gasteiger partial charge on any atom is -0.481 e. The van der Waals surface area contributed by atoms with E-state index in [9.17, 15) is 9.90 Å². The third kappa shape index (κ3) is 6.77. The molecule has 2 N–H and O–H groups in total. The number of hydrogen-bond donors (Lipinski definition) is 2. The molecule has 3 heterocycles. The summed E-state index contributed by atoms with van der Waals surface area (Å²) in [6, 6.07) is 17.8. The largest absolute Gasteiger partial charge is 0.481 e. The number of hydrogen-bond acceptors (Lipinski definition) is 6. The van der Waals surface area contributed by atoms with Crippen LogP contribution in [0.4, 0.5) is 0 Å². The van der Waals surface area contributed by atoms with Gasteiger partial charge in [0.2, 0.25) is 0 Å². The molecule has 0 saturated carbocycles. The average molecular weight is 613 g/mol. The summed E-state index contributed by atoms with van der Waals surface area (Å²) in [4.78, 5) is 21.4. The van der Waals surface area contributed by atoms with Gasteiger partial charge in [0.1, 0.15) is 5.01 Å². The highest BCUT2D eigenvalue weighted by Gasteiger charge is 2.20. The van der Waals surface area contributed by atoms with E-state index >= 15 is 0 Å². The van der Waals surface area contributed by atoms with E-state index in [1.165, 1.54) is 0 Å². The summed E-state index contributed by atoms with van der Waals surface area (Å²) in [7, 11) is 1.95. The topological polar surface area (TPSA) is 101 Å². The lowest BCUT2D eigenvalue weighted by Gasteiger charge is -2.13. The number of aliphatic hydroxyl groups is 1. The van der Waals surface area contributed by atoms with Crippen LogP contribution in [-0.2, 0) is 18.3 Å². The van der Waals surface area contributed by atoms with Crippen LogP contribution in [0.15, 0.2) is 67.0 Å². The zero-order chi connectivity index (χ0) is 31.1. The highest BCUT2D eigenvalue weighted by Crippen LogP contribution is 2.41. The minimum absolute atomic E-state index is 0.0669. The number of rotatable bonds is 5. The smallest absolute Gasteiger partial charge is 0.307 e. The molecular weight excluding hydrogens is 580 g/mol. The molecule has 0 unspecified atom stereocenters. The van der Waals surface area contributed by atoms with Gasteiger partial charge >= 0.3 is 5.97 Å². The molecule has 0 saturated heterocycles. The zero-order valence-corrected chi connectivity index (χ0v) is 26.5.